The molecule has 0 heterocycles. The smallest absolute Gasteiger partial charge is 0.431 e. The number of nitrogens with two attached hydrogens (primary N) is 1. The van der Waals surface area contributed by atoms with E-state index in [0.29, 0.717) is 5.69 Å². The van der Waals surface area contributed by atoms with Gasteiger partial charge in [-0.25, -0.2) is 4.79 Å². The number of aromatic hydroxyl groups is 1. The third-order valence-corrected chi connectivity index (χ3v) is 1.25. The number of halogens is 6. The Hall–Kier alpha value is -1.78. The lowest BCUT2D eigenvalue weighted by Crippen LogP contribution is -1.97. The maximum atomic E-state index is 10.3. The highest BCUT2D eigenvalue weighted by atomic mass is 32.5. The summed E-state index contributed by atoms with van der Waals surface area (Å²) in [6.45, 7) is 0. The van der Waals surface area contributed by atoms with E-state index in [2.05, 4.69) is 0 Å². The maximum Gasteiger partial charge on any atom is 0.431 e. The predicted octanol–water partition coefficient (Wildman–Crippen LogP) is 3.84. The summed E-state index contributed by atoms with van der Waals surface area (Å²) < 4.78 is 59.1. The first kappa shape index (κ1) is 16.2. The number of hydrogen-bond acceptors (Lipinski definition) is 3. The van der Waals surface area contributed by atoms with Crippen LogP contribution < -0.4 is 5.73 Å². The SMILES string of the molecule is FS(F)(F)(F)(F)F.Nc1ccc(C(=O)O)c(O)c1. The minimum atomic E-state index is -10.5. The molecule has 4 N–H and O–H groups in total. The fourth-order valence-corrected chi connectivity index (χ4v) is 0.730. The van der Waals surface area contributed by atoms with E-state index in [1.165, 1.54) is 18.2 Å². The second kappa shape index (κ2) is 3.86. The summed E-state index contributed by atoms with van der Waals surface area (Å²) in [6, 6.07) is 3.87. The molecule has 0 aliphatic rings. The highest BCUT2D eigenvalue weighted by molar-refractivity contribution is 8.41. The zero-order chi connectivity index (χ0) is 14.8. The third-order valence-electron chi connectivity index (χ3n) is 1.25. The summed E-state index contributed by atoms with van der Waals surface area (Å²) in [6.07, 6.45) is 0. The molecule has 0 saturated heterocycles. The summed E-state index contributed by atoms with van der Waals surface area (Å²) in [5.41, 5.74) is 5.48. The molecule has 0 atom stereocenters. The molecule has 0 aliphatic carbocycles. The van der Waals surface area contributed by atoms with Crippen molar-refractivity contribution in [2.45, 2.75) is 0 Å². The van der Waals surface area contributed by atoms with E-state index in [9.17, 15) is 28.1 Å². The van der Waals surface area contributed by atoms with E-state index in [-0.39, 0.29) is 11.3 Å². The Labute approximate surface area is 96.7 Å². The molecule has 4 nitrogen and oxygen atoms in total. The predicted molar refractivity (Wildman–Crippen MR) is 53.7 cm³/mol. The minimum Gasteiger partial charge on any atom is -0.507 e. The van der Waals surface area contributed by atoms with Gasteiger partial charge in [0.05, 0.1) is 0 Å². The Morgan fingerprint density at radius 3 is 1.78 bits per heavy atom. The molecule has 18 heavy (non-hydrogen) atoms. The molecule has 1 aromatic carbocycles. The van der Waals surface area contributed by atoms with Crippen LogP contribution in [0.3, 0.4) is 0 Å². The van der Waals surface area contributed by atoms with Gasteiger partial charge >= 0.3 is 16.6 Å². The second-order valence-electron chi connectivity index (χ2n) is 2.96. The third kappa shape index (κ3) is 10.7. The monoisotopic (exact) mass is 299 g/mol. The Bertz CT molecular complexity index is 459. The topological polar surface area (TPSA) is 83.6 Å². The van der Waals surface area contributed by atoms with Crippen LogP contribution in [0, 0.1) is 0 Å². The van der Waals surface area contributed by atoms with Gasteiger partial charge < -0.3 is 15.9 Å². The molecule has 0 spiro atoms. The van der Waals surface area contributed by atoms with Crippen LogP contribution in [0.25, 0.3) is 0 Å². The molecule has 1 aromatic rings. The van der Waals surface area contributed by atoms with E-state index in [0.717, 1.165) is 0 Å². The molecule has 11 heteroatoms. The van der Waals surface area contributed by atoms with Crippen molar-refractivity contribution in [2.24, 2.45) is 0 Å². The number of carboxylic acids is 1. The van der Waals surface area contributed by atoms with E-state index < -0.39 is 16.6 Å². The fraction of sp³-hybridized carbons (Fsp3) is 0. The molecule has 0 bridgehead atoms. The highest BCUT2D eigenvalue weighted by Crippen LogP contribution is 2.99. The van der Waals surface area contributed by atoms with Gasteiger partial charge in [-0.2, -0.15) is 0 Å². The van der Waals surface area contributed by atoms with E-state index in [1.807, 2.05) is 0 Å². The molecule has 0 saturated carbocycles. The average Bonchev–Trinajstić information content (AvgIpc) is 1.96. The molecule has 0 radical (unpaired) electrons. The van der Waals surface area contributed by atoms with Gasteiger partial charge in [0.15, 0.2) is 0 Å². The number of nitrogen functional groups attached to an aromatic ring is 1. The summed E-state index contributed by atoms with van der Waals surface area (Å²) in [4.78, 5) is 10.3. The van der Waals surface area contributed by atoms with E-state index >= 15 is 0 Å². The zero-order valence-corrected chi connectivity index (χ0v) is 9.10. The van der Waals surface area contributed by atoms with Crippen molar-refractivity contribution >= 4 is 22.3 Å². The van der Waals surface area contributed by atoms with Gasteiger partial charge in [-0.3, -0.25) is 0 Å². The Kier molecular flexibility index (Phi) is 3.48. The number of benzene rings is 1. The molecular weight excluding hydrogens is 292 g/mol. The molecule has 0 aliphatic heterocycles. The van der Waals surface area contributed by atoms with Crippen LogP contribution in [-0.2, 0) is 0 Å². The van der Waals surface area contributed by atoms with Crippen LogP contribution in [0.5, 0.6) is 5.75 Å². The van der Waals surface area contributed by atoms with E-state index in [1.54, 1.807) is 0 Å². The van der Waals surface area contributed by atoms with Gasteiger partial charge in [0, 0.05) is 11.8 Å². The number of carbonyl (C=O) groups is 1. The Balaban J connectivity index is 0.000000360. The fourth-order valence-electron chi connectivity index (χ4n) is 0.730. The van der Waals surface area contributed by atoms with Crippen molar-refractivity contribution in [3.8, 4) is 5.75 Å². The Morgan fingerprint density at radius 1 is 1.11 bits per heavy atom. The van der Waals surface area contributed by atoms with Gasteiger partial charge in [-0.1, -0.05) is 23.3 Å². The molecule has 106 valence electrons. The second-order valence-corrected chi connectivity index (χ2v) is 4.71. The summed E-state index contributed by atoms with van der Waals surface area (Å²) in [5.74, 6) is -1.47. The lowest BCUT2D eigenvalue weighted by Gasteiger charge is -2.28. The Morgan fingerprint density at radius 2 is 1.50 bits per heavy atom. The zero-order valence-electron chi connectivity index (χ0n) is 8.29. The van der Waals surface area contributed by atoms with E-state index in [4.69, 9.17) is 15.9 Å². The van der Waals surface area contributed by atoms with Crippen molar-refractivity contribution in [3.05, 3.63) is 23.8 Å². The van der Waals surface area contributed by atoms with Crippen molar-refractivity contribution in [2.75, 3.05) is 5.73 Å². The molecule has 0 amide bonds. The molecule has 1 rings (SSSR count). The molecular formula is C7H7F6NO3S. The number of anilines is 1. The number of carboxylic acid groups (broad SMARTS) is 1. The molecule has 0 unspecified atom stereocenters. The lowest BCUT2D eigenvalue weighted by molar-refractivity contribution is 0.0693. The molecule has 0 aromatic heterocycles. The van der Waals surface area contributed by atoms with Gasteiger partial charge in [-0.05, 0) is 12.1 Å². The van der Waals surface area contributed by atoms with Crippen LogP contribution in [0.15, 0.2) is 18.2 Å². The van der Waals surface area contributed by atoms with Crippen LogP contribution in [0.2, 0.25) is 0 Å². The van der Waals surface area contributed by atoms with Crippen molar-refractivity contribution in [1.29, 1.82) is 0 Å². The first-order chi connectivity index (χ1) is 7.56. The summed E-state index contributed by atoms with van der Waals surface area (Å²) in [7, 11) is -10.5. The standard InChI is InChI=1S/C7H7NO3.F6S/c8-4-1-2-5(7(10)11)6(9)3-4;1-7(2,3,4,5)6/h1-3,9H,8H2,(H,10,11);. The first-order valence-corrected chi connectivity index (χ1v) is 5.71. The van der Waals surface area contributed by atoms with Gasteiger partial charge in [-0.15, -0.1) is 0 Å². The van der Waals surface area contributed by atoms with Gasteiger partial charge in [0.2, 0.25) is 0 Å². The first-order valence-electron chi connectivity index (χ1n) is 3.85. The van der Waals surface area contributed by atoms with Gasteiger partial charge in [0.25, 0.3) is 0 Å². The number of hydrogen-bond donors (Lipinski definition) is 3. The lowest BCUT2D eigenvalue weighted by atomic mass is 10.2. The summed E-state index contributed by atoms with van der Waals surface area (Å²) in [5, 5.41) is 17.5. The van der Waals surface area contributed by atoms with Gasteiger partial charge in [0.1, 0.15) is 11.3 Å². The molecule has 0 fully saturated rings. The van der Waals surface area contributed by atoms with Crippen LogP contribution >= 0.6 is 10.6 Å². The average molecular weight is 299 g/mol. The maximum absolute atomic E-state index is 10.5. The van der Waals surface area contributed by atoms with Crippen molar-refractivity contribution < 1.29 is 38.3 Å². The normalized spacial score (nSPS) is 14.8. The highest BCUT2D eigenvalue weighted by Gasteiger charge is 2.64. The number of aromatic carboxylic acids is 1. The van der Waals surface area contributed by atoms with Crippen LogP contribution in [0.1, 0.15) is 10.4 Å². The van der Waals surface area contributed by atoms with Crippen LogP contribution in [0.4, 0.5) is 29.0 Å². The van der Waals surface area contributed by atoms with Crippen molar-refractivity contribution in [1.82, 2.24) is 0 Å². The van der Waals surface area contributed by atoms with Crippen LogP contribution in [-0.4, -0.2) is 16.2 Å². The number of phenols is 1. The number of rotatable bonds is 1. The largest absolute Gasteiger partial charge is 0.507 e. The minimum absolute atomic E-state index is 0.140. The van der Waals surface area contributed by atoms with Crippen molar-refractivity contribution in [3.63, 3.8) is 0 Å². The quantitative estimate of drug-likeness (QED) is 0.543. The summed E-state index contributed by atoms with van der Waals surface area (Å²) >= 11 is 0.